The van der Waals surface area contributed by atoms with Crippen molar-refractivity contribution in [1.82, 2.24) is 9.78 Å². The molecule has 0 bridgehead atoms. The van der Waals surface area contributed by atoms with Crippen LogP contribution in [0, 0.1) is 4.91 Å². The Morgan fingerprint density at radius 2 is 1.57 bits per heavy atom. The van der Waals surface area contributed by atoms with Gasteiger partial charge in [-0.15, -0.1) is 4.91 Å². The molecule has 0 aliphatic rings. The minimum atomic E-state index is -0.892. The van der Waals surface area contributed by atoms with Gasteiger partial charge in [0, 0.05) is 21.8 Å². The van der Waals surface area contributed by atoms with Gasteiger partial charge in [0.1, 0.15) is 11.4 Å². The van der Waals surface area contributed by atoms with Gasteiger partial charge in [-0.05, 0) is 70.8 Å². The van der Waals surface area contributed by atoms with Crippen LogP contribution in [0.2, 0.25) is 15.1 Å². The SMILES string of the molecule is CCC(C)(C)c1ccc(OCC(=O)Nc2cccc(C(=O)Nc3[nH]n(-c4c(Cl)cc(Cl)cc4Cl)c(=O)c3N=O)c2)c(C(C)(C)CC)c1. The Kier molecular flexibility index (Phi) is 10.9. The van der Waals surface area contributed by atoms with Crippen LogP contribution < -0.4 is 20.9 Å². The van der Waals surface area contributed by atoms with Gasteiger partial charge in [-0.3, -0.25) is 19.5 Å². The van der Waals surface area contributed by atoms with Crippen molar-refractivity contribution in [2.24, 2.45) is 5.18 Å². The van der Waals surface area contributed by atoms with E-state index in [2.05, 4.69) is 68.5 Å². The summed E-state index contributed by atoms with van der Waals surface area (Å²) in [4.78, 5) is 50.6. The summed E-state index contributed by atoms with van der Waals surface area (Å²) in [7, 11) is 0. The first-order valence-corrected chi connectivity index (χ1v) is 16.1. The number of carbonyl (C=O) groups is 2. The Balaban J connectivity index is 1.50. The number of aromatic nitrogens is 2. The number of ether oxygens (including phenoxy) is 1. The zero-order chi connectivity index (χ0) is 34.7. The lowest BCUT2D eigenvalue weighted by Gasteiger charge is -2.30. The first-order valence-electron chi connectivity index (χ1n) is 14.9. The topological polar surface area (TPSA) is 135 Å². The lowest BCUT2D eigenvalue weighted by molar-refractivity contribution is -0.118. The van der Waals surface area contributed by atoms with E-state index < -0.39 is 23.1 Å². The highest BCUT2D eigenvalue weighted by Crippen LogP contribution is 2.38. The van der Waals surface area contributed by atoms with Crippen LogP contribution in [-0.4, -0.2) is 28.2 Å². The van der Waals surface area contributed by atoms with Crippen LogP contribution in [0.25, 0.3) is 5.69 Å². The lowest BCUT2D eigenvalue weighted by Crippen LogP contribution is -2.24. The van der Waals surface area contributed by atoms with E-state index in [0.29, 0.717) is 11.4 Å². The lowest BCUT2D eigenvalue weighted by atomic mass is 9.76. The van der Waals surface area contributed by atoms with Crippen LogP contribution in [0.15, 0.2) is 64.6 Å². The number of benzene rings is 3. The number of H-pyrrole nitrogens is 1. The quantitative estimate of drug-likeness (QED) is 0.127. The molecule has 0 saturated carbocycles. The van der Waals surface area contributed by atoms with E-state index in [9.17, 15) is 19.3 Å². The average Bonchev–Trinajstić information content (AvgIpc) is 3.33. The number of hydrogen-bond donors (Lipinski definition) is 3. The molecule has 10 nitrogen and oxygen atoms in total. The Morgan fingerprint density at radius 1 is 0.915 bits per heavy atom. The van der Waals surface area contributed by atoms with Crippen LogP contribution in [0.4, 0.5) is 17.2 Å². The summed E-state index contributed by atoms with van der Waals surface area (Å²) in [6.45, 7) is 12.7. The van der Waals surface area contributed by atoms with E-state index in [4.69, 9.17) is 39.5 Å². The average molecular weight is 701 g/mol. The van der Waals surface area contributed by atoms with Crippen molar-refractivity contribution < 1.29 is 14.3 Å². The van der Waals surface area contributed by atoms with E-state index in [1.165, 1.54) is 29.8 Å². The summed E-state index contributed by atoms with van der Waals surface area (Å²) >= 11 is 18.4. The van der Waals surface area contributed by atoms with Gasteiger partial charge in [0.15, 0.2) is 12.4 Å². The number of rotatable bonds is 12. The molecular weight excluding hydrogens is 665 g/mol. The van der Waals surface area contributed by atoms with Gasteiger partial charge in [-0.25, -0.2) is 4.68 Å². The summed E-state index contributed by atoms with van der Waals surface area (Å²) in [5.41, 5.74) is 1.04. The second kappa shape index (κ2) is 14.3. The summed E-state index contributed by atoms with van der Waals surface area (Å²) in [5.74, 6) is -0.756. The molecule has 1 heterocycles. The van der Waals surface area contributed by atoms with Crippen molar-refractivity contribution in [3.63, 3.8) is 0 Å². The van der Waals surface area contributed by atoms with Gasteiger partial charge in [0.05, 0.1) is 10.0 Å². The van der Waals surface area contributed by atoms with Gasteiger partial charge < -0.3 is 15.4 Å². The van der Waals surface area contributed by atoms with E-state index in [-0.39, 0.29) is 49.6 Å². The zero-order valence-corrected chi connectivity index (χ0v) is 29.2. The molecule has 0 aliphatic heterocycles. The number of halogens is 3. The highest BCUT2D eigenvalue weighted by atomic mass is 35.5. The maximum atomic E-state index is 13.2. The predicted octanol–water partition coefficient (Wildman–Crippen LogP) is 9.17. The molecule has 0 saturated heterocycles. The molecule has 0 spiro atoms. The molecule has 3 aromatic carbocycles. The van der Waals surface area contributed by atoms with E-state index in [1.807, 2.05) is 12.1 Å². The van der Waals surface area contributed by atoms with Gasteiger partial charge in [-0.1, -0.05) is 94.5 Å². The first-order chi connectivity index (χ1) is 22.1. The van der Waals surface area contributed by atoms with Crippen molar-refractivity contribution >= 4 is 63.8 Å². The summed E-state index contributed by atoms with van der Waals surface area (Å²) < 4.78 is 6.91. The summed E-state index contributed by atoms with van der Waals surface area (Å²) in [6.07, 6.45) is 1.86. The van der Waals surface area contributed by atoms with Gasteiger partial charge in [0.2, 0.25) is 5.69 Å². The number of anilines is 2. The Labute approximate surface area is 287 Å². The van der Waals surface area contributed by atoms with Crippen LogP contribution in [0.1, 0.15) is 75.9 Å². The van der Waals surface area contributed by atoms with Crippen molar-refractivity contribution in [2.45, 2.75) is 65.2 Å². The monoisotopic (exact) mass is 699 g/mol. The molecule has 3 N–H and O–H groups in total. The normalized spacial score (nSPS) is 11.7. The molecule has 4 rings (SSSR count). The maximum Gasteiger partial charge on any atom is 0.303 e. The number of carbonyl (C=O) groups excluding carboxylic acids is 2. The molecule has 0 radical (unpaired) electrons. The number of nitrogens with zero attached hydrogens (tertiary/aromatic N) is 2. The fraction of sp³-hybridized carbons (Fsp3) is 0.324. The molecule has 0 fully saturated rings. The smallest absolute Gasteiger partial charge is 0.303 e. The fourth-order valence-electron chi connectivity index (χ4n) is 4.77. The highest BCUT2D eigenvalue weighted by molar-refractivity contribution is 6.40. The zero-order valence-electron chi connectivity index (χ0n) is 26.9. The second-order valence-corrected chi connectivity index (χ2v) is 13.6. The van der Waals surface area contributed by atoms with Gasteiger partial charge in [0.25, 0.3) is 11.8 Å². The number of nitroso groups, excluding NO2 is 1. The second-order valence-electron chi connectivity index (χ2n) is 12.3. The molecule has 0 unspecified atom stereocenters. The number of aromatic amines is 1. The third-order valence-corrected chi connectivity index (χ3v) is 9.22. The van der Waals surface area contributed by atoms with Crippen molar-refractivity contribution in [2.75, 3.05) is 17.2 Å². The first kappa shape index (κ1) is 35.7. The molecule has 0 aliphatic carbocycles. The molecule has 4 aromatic rings. The largest absolute Gasteiger partial charge is 0.483 e. The van der Waals surface area contributed by atoms with E-state index in [0.717, 1.165) is 23.1 Å². The molecular formula is C34H36Cl3N5O5. The minimum absolute atomic E-state index is 0.00544. The third-order valence-electron chi connectivity index (χ3n) is 8.43. The van der Waals surface area contributed by atoms with Crippen LogP contribution in [0.5, 0.6) is 5.75 Å². The molecule has 0 atom stereocenters. The Hall–Kier alpha value is -4.12. The molecule has 1 aromatic heterocycles. The van der Waals surface area contributed by atoms with Crippen molar-refractivity contribution in [3.8, 4) is 11.4 Å². The standard InChI is InChI=1S/C34H36Cl3N5O5/c1-7-33(3,4)20-12-13-26(23(15-20)34(5,6)8-2)47-18-27(43)38-22-11-9-10-19(14-22)31(44)39-30-28(41-46)32(45)42(40-30)29-24(36)16-21(35)17-25(29)37/h9-17,40H,7-8,18H2,1-6H3,(H,38,43)(H,39,44). The third kappa shape index (κ3) is 7.89. The Bertz CT molecular complexity index is 1870. The van der Waals surface area contributed by atoms with Gasteiger partial charge in [-0.2, -0.15) is 0 Å². The van der Waals surface area contributed by atoms with Crippen LogP contribution >= 0.6 is 34.8 Å². The number of nitrogens with one attached hydrogen (secondary N) is 3. The van der Waals surface area contributed by atoms with E-state index in [1.54, 1.807) is 12.1 Å². The number of amides is 2. The minimum Gasteiger partial charge on any atom is -0.483 e. The van der Waals surface area contributed by atoms with E-state index >= 15 is 0 Å². The summed E-state index contributed by atoms with van der Waals surface area (Å²) in [5, 5.41) is 10.9. The van der Waals surface area contributed by atoms with Crippen molar-refractivity contribution in [3.05, 3.63) is 102 Å². The maximum absolute atomic E-state index is 13.2. The van der Waals surface area contributed by atoms with Crippen LogP contribution in [-0.2, 0) is 15.6 Å². The van der Waals surface area contributed by atoms with Gasteiger partial charge >= 0.3 is 5.56 Å². The number of hydrogen-bond acceptors (Lipinski definition) is 6. The predicted molar refractivity (Wildman–Crippen MR) is 188 cm³/mol. The van der Waals surface area contributed by atoms with Crippen molar-refractivity contribution in [1.29, 1.82) is 0 Å². The van der Waals surface area contributed by atoms with Crippen LogP contribution in [0.3, 0.4) is 0 Å². The molecule has 47 heavy (non-hydrogen) atoms. The summed E-state index contributed by atoms with van der Waals surface area (Å²) in [6, 6.07) is 15.0. The fourth-order valence-corrected chi connectivity index (χ4v) is 5.76. The Morgan fingerprint density at radius 3 is 2.19 bits per heavy atom. The molecule has 2 amide bonds. The highest BCUT2D eigenvalue weighted by Gasteiger charge is 2.27. The molecule has 248 valence electrons. The molecule has 13 heteroatoms.